The maximum absolute atomic E-state index is 11.9. The van der Waals surface area contributed by atoms with Crippen LogP contribution in [-0.4, -0.2) is 29.2 Å². The van der Waals surface area contributed by atoms with Crippen molar-refractivity contribution in [1.29, 1.82) is 0 Å². The van der Waals surface area contributed by atoms with E-state index in [2.05, 4.69) is 10.3 Å². The second-order valence-corrected chi connectivity index (χ2v) is 4.40. The van der Waals surface area contributed by atoms with Crippen LogP contribution in [-0.2, 0) is 6.54 Å². The van der Waals surface area contributed by atoms with Crippen LogP contribution >= 0.6 is 0 Å². The molecule has 1 aromatic rings. The molecule has 0 bridgehead atoms. The fourth-order valence-electron chi connectivity index (χ4n) is 2.00. The van der Waals surface area contributed by atoms with Crippen molar-refractivity contribution in [3.05, 3.63) is 22.7 Å². The number of aryl methyl sites for hydroxylation is 1. The summed E-state index contributed by atoms with van der Waals surface area (Å²) in [7, 11) is 0. The summed E-state index contributed by atoms with van der Waals surface area (Å²) < 4.78 is 7.17. The van der Waals surface area contributed by atoms with Gasteiger partial charge in [0.05, 0.1) is 6.61 Å². The van der Waals surface area contributed by atoms with Gasteiger partial charge in [-0.2, -0.15) is 0 Å². The fourth-order valence-corrected chi connectivity index (χ4v) is 2.00. The van der Waals surface area contributed by atoms with E-state index in [1.807, 2.05) is 6.92 Å². The van der Waals surface area contributed by atoms with E-state index in [0.717, 1.165) is 25.9 Å². The standard InChI is InChI=1S/C12H19N3O2/c1-2-6-15-7-5-14-11(12(15)16)17-9-10-3-4-13-8-10/h5,7,10,13H,2-4,6,8-9H2,1H3. The van der Waals surface area contributed by atoms with Gasteiger partial charge < -0.3 is 14.6 Å². The zero-order chi connectivity index (χ0) is 12.1. The minimum absolute atomic E-state index is 0.125. The summed E-state index contributed by atoms with van der Waals surface area (Å²) in [5.41, 5.74) is -0.125. The Morgan fingerprint density at radius 3 is 3.24 bits per heavy atom. The molecule has 5 nitrogen and oxygen atoms in total. The normalized spacial score (nSPS) is 19.5. The van der Waals surface area contributed by atoms with Gasteiger partial charge in [0.25, 0.3) is 5.88 Å². The van der Waals surface area contributed by atoms with Gasteiger partial charge in [-0.15, -0.1) is 0 Å². The van der Waals surface area contributed by atoms with Crippen molar-refractivity contribution in [2.45, 2.75) is 26.3 Å². The van der Waals surface area contributed by atoms with Crippen LogP contribution in [0.1, 0.15) is 19.8 Å². The Hall–Kier alpha value is -1.36. The first kappa shape index (κ1) is 12.1. The number of hydrogen-bond donors (Lipinski definition) is 1. The molecular formula is C12H19N3O2. The highest BCUT2D eigenvalue weighted by atomic mass is 16.5. The third-order valence-electron chi connectivity index (χ3n) is 2.96. The zero-order valence-electron chi connectivity index (χ0n) is 10.2. The second-order valence-electron chi connectivity index (χ2n) is 4.40. The summed E-state index contributed by atoms with van der Waals surface area (Å²) in [5.74, 6) is 0.726. The van der Waals surface area contributed by atoms with Crippen LogP contribution in [0.4, 0.5) is 0 Å². The van der Waals surface area contributed by atoms with Crippen LogP contribution in [0.3, 0.4) is 0 Å². The largest absolute Gasteiger partial charge is 0.473 e. The Labute approximate surface area is 101 Å². The third kappa shape index (κ3) is 3.06. The molecule has 1 aliphatic rings. The van der Waals surface area contributed by atoms with E-state index in [9.17, 15) is 4.79 Å². The van der Waals surface area contributed by atoms with Crippen LogP contribution in [0.25, 0.3) is 0 Å². The predicted octanol–water partition coefficient (Wildman–Crippen LogP) is 0.642. The first-order valence-electron chi connectivity index (χ1n) is 6.20. The number of nitrogens with one attached hydrogen (secondary N) is 1. The van der Waals surface area contributed by atoms with Gasteiger partial charge in [0.1, 0.15) is 0 Å². The topological polar surface area (TPSA) is 56.1 Å². The van der Waals surface area contributed by atoms with Crippen molar-refractivity contribution in [2.24, 2.45) is 5.92 Å². The molecule has 1 fully saturated rings. The van der Waals surface area contributed by atoms with Crippen molar-refractivity contribution in [1.82, 2.24) is 14.9 Å². The summed E-state index contributed by atoms with van der Waals surface area (Å²) in [5, 5.41) is 3.27. The van der Waals surface area contributed by atoms with Gasteiger partial charge in [0.15, 0.2) is 0 Å². The van der Waals surface area contributed by atoms with Crippen LogP contribution in [0, 0.1) is 5.92 Å². The SMILES string of the molecule is CCCn1ccnc(OCC2CCNC2)c1=O. The summed E-state index contributed by atoms with van der Waals surface area (Å²) in [4.78, 5) is 15.9. The summed E-state index contributed by atoms with van der Waals surface area (Å²) in [6.45, 7) is 5.33. The van der Waals surface area contributed by atoms with E-state index in [4.69, 9.17) is 4.74 Å². The van der Waals surface area contributed by atoms with E-state index in [1.165, 1.54) is 0 Å². The van der Waals surface area contributed by atoms with Crippen LogP contribution < -0.4 is 15.6 Å². The first-order valence-corrected chi connectivity index (χ1v) is 6.20. The van der Waals surface area contributed by atoms with Crippen LogP contribution in [0.15, 0.2) is 17.2 Å². The van der Waals surface area contributed by atoms with E-state index in [0.29, 0.717) is 19.1 Å². The summed E-state index contributed by atoms with van der Waals surface area (Å²) in [6, 6.07) is 0. The van der Waals surface area contributed by atoms with Gasteiger partial charge in [-0.25, -0.2) is 4.98 Å². The van der Waals surface area contributed by atoms with Gasteiger partial charge in [-0.1, -0.05) is 6.92 Å². The molecule has 0 amide bonds. The molecule has 5 heteroatoms. The highest BCUT2D eigenvalue weighted by Crippen LogP contribution is 2.08. The quantitative estimate of drug-likeness (QED) is 0.816. The van der Waals surface area contributed by atoms with Crippen LogP contribution in [0.5, 0.6) is 5.88 Å². The number of aromatic nitrogens is 2. The number of hydrogen-bond acceptors (Lipinski definition) is 4. The predicted molar refractivity (Wildman–Crippen MR) is 65.3 cm³/mol. The molecule has 0 saturated carbocycles. The summed E-state index contributed by atoms with van der Waals surface area (Å²) >= 11 is 0. The molecule has 0 aliphatic carbocycles. The molecule has 1 saturated heterocycles. The number of nitrogens with zero attached hydrogens (tertiary/aromatic N) is 2. The summed E-state index contributed by atoms with van der Waals surface area (Å²) in [6.07, 6.45) is 5.36. The lowest BCUT2D eigenvalue weighted by Crippen LogP contribution is -2.25. The minimum atomic E-state index is -0.125. The van der Waals surface area contributed by atoms with Gasteiger partial charge in [-0.05, 0) is 19.4 Å². The molecule has 2 rings (SSSR count). The Morgan fingerprint density at radius 1 is 1.65 bits per heavy atom. The highest BCUT2D eigenvalue weighted by molar-refractivity contribution is 5.04. The Morgan fingerprint density at radius 2 is 2.53 bits per heavy atom. The van der Waals surface area contributed by atoms with Gasteiger partial charge in [-0.3, -0.25) is 4.79 Å². The van der Waals surface area contributed by atoms with E-state index in [-0.39, 0.29) is 11.4 Å². The van der Waals surface area contributed by atoms with Crippen molar-refractivity contribution in [3.63, 3.8) is 0 Å². The molecular weight excluding hydrogens is 218 g/mol. The highest BCUT2D eigenvalue weighted by Gasteiger charge is 2.16. The maximum atomic E-state index is 11.9. The number of ether oxygens (including phenoxy) is 1. The maximum Gasteiger partial charge on any atom is 0.313 e. The lowest BCUT2D eigenvalue weighted by Gasteiger charge is -2.10. The van der Waals surface area contributed by atoms with Gasteiger partial charge in [0.2, 0.25) is 0 Å². The average Bonchev–Trinajstić information content (AvgIpc) is 2.83. The molecule has 1 unspecified atom stereocenters. The first-order chi connectivity index (χ1) is 8.31. The monoisotopic (exact) mass is 237 g/mol. The molecule has 0 aromatic carbocycles. The molecule has 0 spiro atoms. The number of rotatable bonds is 5. The van der Waals surface area contributed by atoms with Crippen molar-refractivity contribution in [2.75, 3.05) is 19.7 Å². The smallest absolute Gasteiger partial charge is 0.313 e. The Kier molecular flexibility index (Phi) is 4.14. The van der Waals surface area contributed by atoms with Gasteiger partial charge in [0, 0.05) is 31.4 Å². The molecule has 17 heavy (non-hydrogen) atoms. The molecule has 94 valence electrons. The third-order valence-corrected chi connectivity index (χ3v) is 2.96. The lowest BCUT2D eigenvalue weighted by atomic mass is 10.1. The second kappa shape index (κ2) is 5.82. The lowest BCUT2D eigenvalue weighted by molar-refractivity contribution is 0.245. The Bertz CT molecular complexity index is 410. The van der Waals surface area contributed by atoms with Crippen LogP contribution in [0.2, 0.25) is 0 Å². The molecule has 2 heterocycles. The van der Waals surface area contributed by atoms with Crippen molar-refractivity contribution >= 4 is 0 Å². The molecule has 0 radical (unpaired) electrons. The fraction of sp³-hybridized carbons (Fsp3) is 0.667. The van der Waals surface area contributed by atoms with E-state index >= 15 is 0 Å². The van der Waals surface area contributed by atoms with E-state index < -0.39 is 0 Å². The molecule has 1 N–H and O–H groups in total. The van der Waals surface area contributed by atoms with Crippen molar-refractivity contribution in [3.8, 4) is 5.88 Å². The van der Waals surface area contributed by atoms with Gasteiger partial charge >= 0.3 is 5.56 Å². The van der Waals surface area contributed by atoms with Crippen molar-refractivity contribution < 1.29 is 4.74 Å². The zero-order valence-corrected chi connectivity index (χ0v) is 10.2. The molecule has 1 atom stereocenters. The van der Waals surface area contributed by atoms with E-state index in [1.54, 1.807) is 17.0 Å². The minimum Gasteiger partial charge on any atom is -0.473 e. The Balaban J connectivity index is 1.99. The molecule has 1 aromatic heterocycles. The molecule has 1 aliphatic heterocycles. The average molecular weight is 237 g/mol.